The normalized spacial score (nSPS) is 10.3. The van der Waals surface area contributed by atoms with Gasteiger partial charge in [0.25, 0.3) is 0 Å². The van der Waals surface area contributed by atoms with Crippen molar-refractivity contribution >= 4 is 24.3 Å². The average Bonchev–Trinajstić information content (AvgIpc) is 2.46. The summed E-state index contributed by atoms with van der Waals surface area (Å²) in [6.07, 6.45) is 2.02. The van der Waals surface area contributed by atoms with Gasteiger partial charge in [0.15, 0.2) is 0 Å². The van der Waals surface area contributed by atoms with E-state index in [-0.39, 0.29) is 0 Å². The lowest BCUT2D eigenvalue weighted by Gasteiger charge is -2.10. The number of benzene rings is 2. The van der Waals surface area contributed by atoms with Crippen LogP contribution in [-0.4, -0.2) is 23.4 Å². The molecule has 3 nitrogen and oxygen atoms in total. The largest absolute Gasteiger partial charge is 0.489 e. The van der Waals surface area contributed by atoms with E-state index in [0.717, 1.165) is 11.3 Å². The van der Waals surface area contributed by atoms with Crippen LogP contribution >= 0.6 is 11.8 Å². The number of hydrogen-bond acceptors (Lipinski definition) is 4. The minimum atomic E-state index is -1.47. The van der Waals surface area contributed by atoms with Gasteiger partial charge in [0.2, 0.25) is 0 Å². The van der Waals surface area contributed by atoms with Gasteiger partial charge in [0.05, 0.1) is 0 Å². The first-order valence-corrected chi connectivity index (χ1v) is 7.14. The van der Waals surface area contributed by atoms with Gasteiger partial charge in [-0.2, -0.15) is 0 Å². The molecule has 0 aliphatic carbocycles. The summed E-state index contributed by atoms with van der Waals surface area (Å²) in [6, 6.07) is 14.9. The van der Waals surface area contributed by atoms with E-state index in [4.69, 9.17) is 4.74 Å². The molecule has 0 atom stereocenters. The Morgan fingerprint density at radius 1 is 1.05 bits per heavy atom. The van der Waals surface area contributed by atoms with E-state index in [1.54, 1.807) is 23.9 Å². The van der Waals surface area contributed by atoms with Crippen LogP contribution in [0.3, 0.4) is 0 Å². The molecule has 0 aliphatic heterocycles. The summed E-state index contributed by atoms with van der Waals surface area (Å²) in [5.41, 5.74) is 1.25. The fraction of sp³-hybridized carbons (Fsp3) is 0.143. The standard InChI is InChI=1S/C14H15BO3S/c1-19-13-8-6-12(7-9-13)18-10-11-4-2-3-5-14(11)15(16)17/h2-9,16-17H,10H2,1H3. The molecule has 0 heterocycles. The zero-order chi connectivity index (χ0) is 13.7. The summed E-state index contributed by atoms with van der Waals surface area (Å²) < 4.78 is 5.65. The van der Waals surface area contributed by atoms with E-state index in [0.29, 0.717) is 12.1 Å². The van der Waals surface area contributed by atoms with E-state index in [2.05, 4.69) is 0 Å². The second kappa shape index (κ2) is 6.66. The molecule has 5 heteroatoms. The highest BCUT2D eigenvalue weighted by molar-refractivity contribution is 7.98. The van der Waals surface area contributed by atoms with Crippen LogP contribution in [0.1, 0.15) is 5.56 Å². The van der Waals surface area contributed by atoms with E-state index in [1.807, 2.05) is 42.7 Å². The quantitative estimate of drug-likeness (QED) is 0.643. The number of hydrogen-bond donors (Lipinski definition) is 2. The Labute approximate surface area is 117 Å². The van der Waals surface area contributed by atoms with Crippen molar-refractivity contribution in [3.63, 3.8) is 0 Å². The molecule has 98 valence electrons. The van der Waals surface area contributed by atoms with Crippen LogP contribution in [0.2, 0.25) is 0 Å². The Kier molecular flexibility index (Phi) is 4.90. The molecule has 0 aromatic heterocycles. The Morgan fingerprint density at radius 2 is 1.74 bits per heavy atom. The summed E-state index contributed by atoms with van der Waals surface area (Å²) in [6.45, 7) is 0.312. The lowest BCUT2D eigenvalue weighted by molar-refractivity contribution is 0.306. The maximum absolute atomic E-state index is 9.27. The van der Waals surface area contributed by atoms with Crippen molar-refractivity contribution in [3.8, 4) is 5.75 Å². The van der Waals surface area contributed by atoms with Gasteiger partial charge in [-0.05, 0) is 41.5 Å². The molecular weight excluding hydrogens is 259 g/mol. The zero-order valence-corrected chi connectivity index (χ0v) is 11.4. The molecule has 2 rings (SSSR count). The van der Waals surface area contributed by atoms with Crippen molar-refractivity contribution in [3.05, 3.63) is 54.1 Å². The number of rotatable bonds is 5. The van der Waals surface area contributed by atoms with Crippen LogP contribution in [0.15, 0.2) is 53.4 Å². The summed E-state index contributed by atoms with van der Waals surface area (Å²) >= 11 is 1.68. The Bertz CT molecular complexity index is 528. The van der Waals surface area contributed by atoms with Gasteiger partial charge in [-0.3, -0.25) is 0 Å². The van der Waals surface area contributed by atoms with Gasteiger partial charge in [-0.1, -0.05) is 24.3 Å². The lowest BCUT2D eigenvalue weighted by Crippen LogP contribution is -2.33. The zero-order valence-electron chi connectivity index (χ0n) is 10.6. The molecule has 0 saturated carbocycles. The molecule has 0 fully saturated rings. The molecule has 2 N–H and O–H groups in total. The smallest absolute Gasteiger partial charge is 0.488 e. The molecule has 0 saturated heterocycles. The Balaban J connectivity index is 2.05. The SMILES string of the molecule is CSc1ccc(OCc2ccccc2B(O)O)cc1. The molecular formula is C14H15BO3S. The third kappa shape index (κ3) is 3.77. The number of ether oxygens (including phenoxy) is 1. The summed E-state index contributed by atoms with van der Waals surface area (Å²) in [4.78, 5) is 1.18. The summed E-state index contributed by atoms with van der Waals surface area (Å²) in [5, 5.41) is 18.5. The van der Waals surface area contributed by atoms with Gasteiger partial charge < -0.3 is 14.8 Å². The van der Waals surface area contributed by atoms with Crippen molar-refractivity contribution in [1.82, 2.24) is 0 Å². The van der Waals surface area contributed by atoms with E-state index in [9.17, 15) is 10.0 Å². The predicted molar refractivity (Wildman–Crippen MR) is 78.8 cm³/mol. The second-order valence-corrected chi connectivity index (χ2v) is 4.92. The first-order chi connectivity index (χ1) is 9.20. The van der Waals surface area contributed by atoms with Crippen LogP contribution in [0.25, 0.3) is 0 Å². The maximum atomic E-state index is 9.27. The fourth-order valence-corrected chi connectivity index (χ4v) is 2.16. The third-order valence-electron chi connectivity index (χ3n) is 2.79. The van der Waals surface area contributed by atoms with Crippen LogP contribution in [-0.2, 0) is 6.61 Å². The topological polar surface area (TPSA) is 49.7 Å². The van der Waals surface area contributed by atoms with Gasteiger partial charge in [-0.25, -0.2) is 0 Å². The van der Waals surface area contributed by atoms with Gasteiger partial charge >= 0.3 is 7.12 Å². The molecule has 0 amide bonds. The third-order valence-corrected chi connectivity index (χ3v) is 3.53. The van der Waals surface area contributed by atoms with Crippen LogP contribution in [0.5, 0.6) is 5.75 Å². The van der Waals surface area contributed by atoms with Gasteiger partial charge in [-0.15, -0.1) is 11.8 Å². The van der Waals surface area contributed by atoms with Crippen molar-refractivity contribution in [2.24, 2.45) is 0 Å². The second-order valence-electron chi connectivity index (χ2n) is 4.04. The van der Waals surface area contributed by atoms with Crippen LogP contribution in [0, 0.1) is 0 Å². The van der Waals surface area contributed by atoms with Crippen LogP contribution < -0.4 is 10.2 Å². The van der Waals surface area contributed by atoms with E-state index < -0.39 is 7.12 Å². The molecule has 2 aromatic rings. The molecule has 0 bridgehead atoms. The fourth-order valence-electron chi connectivity index (χ4n) is 1.75. The van der Waals surface area contributed by atoms with Crippen molar-refractivity contribution in [1.29, 1.82) is 0 Å². The van der Waals surface area contributed by atoms with Crippen LogP contribution in [0.4, 0.5) is 0 Å². The highest BCUT2D eigenvalue weighted by atomic mass is 32.2. The van der Waals surface area contributed by atoms with Crippen molar-refractivity contribution < 1.29 is 14.8 Å². The lowest BCUT2D eigenvalue weighted by atomic mass is 9.77. The number of thioether (sulfide) groups is 1. The van der Waals surface area contributed by atoms with E-state index in [1.165, 1.54) is 4.90 Å². The molecule has 0 radical (unpaired) electrons. The molecule has 2 aromatic carbocycles. The molecule has 19 heavy (non-hydrogen) atoms. The molecule has 0 unspecified atom stereocenters. The first kappa shape index (κ1) is 14.0. The summed E-state index contributed by atoms with van der Waals surface area (Å²) in [7, 11) is -1.47. The average molecular weight is 274 g/mol. The molecule has 0 aliphatic rings. The predicted octanol–water partition coefficient (Wildman–Crippen LogP) is 1.67. The minimum Gasteiger partial charge on any atom is -0.489 e. The Hall–Kier alpha value is -1.43. The van der Waals surface area contributed by atoms with Gasteiger partial charge in [0, 0.05) is 4.90 Å². The molecule has 0 spiro atoms. The van der Waals surface area contributed by atoms with Gasteiger partial charge in [0.1, 0.15) is 12.4 Å². The summed E-state index contributed by atoms with van der Waals surface area (Å²) in [5.74, 6) is 0.764. The first-order valence-electron chi connectivity index (χ1n) is 5.91. The van der Waals surface area contributed by atoms with Crippen molar-refractivity contribution in [2.45, 2.75) is 11.5 Å². The maximum Gasteiger partial charge on any atom is 0.488 e. The Morgan fingerprint density at radius 3 is 2.37 bits per heavy atom. The van der Waals surface area contributed by atoms with Crippen molar-refractivity contribution in [2.75, 3.05) is 6.26 Å². The van der Waals surface area contributed by atoms with E-state index >= 15 is 0 Å². The highest BCUT2D eigenvalue weighted by Crippen LogP contribution is 2.19. The minimum absolute atomic E-state index is 0.312. The monoisotopic (exact) mass is 274 g/mol. The highest BCUT2D eigenvalue weighted by Gasteiger charge is 2.15.